The van der Waals surface area contributed by atoms with Crippen LogP contribution in [0.4, 0.5) is 0 Å². The average Bonchev–Trinajstić information content (AvgIpc) is 3.43. The second-order valence-electron chi connectivity index (χ2n) is 7.76. The van der Waals surface area contributed by atoms with Gasteiger partial charge in [0.05, 0.1) is 17.7 Å². The van der Waals surface area contributed by atoms with Crippen molar-refractivity contribution in [3.05, 3.63) is 58.9 Å². The molecule has 0 aliphatic carbocycles. The minimum atomic E-state index is 0.326. The molecular formula is C23H24N4O2S. The van der Waals surface area contributed by atoms with Gasteiger partial charge in [-0.25, -0.2) is 4.98 Å². The Kier molecular flexibility index (Phi) is 5.23. The molecule has 4 heterocycles. The third kappa shape index (κ3) is 3.70. The Hall–Kier alpha value is -2.77. The molecule has 0 N–H and O–H groups in total. The molecule has 1 aliphatic heterocycles. The number of hydrogen-bond acceptors (Lipinski definition) is 7. The van der Waals surface area contributed by atoms with Gasteiger partial charge in [-0.1, -0.05) is 18.2 Å². The molecule has 3 aromatic heterocycles. The van der Waals surface area contributed by atoms with Gasteiger partial charge in [-0.3, -0.25) is 4.90 Å². The standard InChI is InChI=1S/C23H24N4O2S/c1-15-10-13-30-21(15)23-26-25-22(29-23)17-8-11-27(12-9-17)14-18-7-6-16-4-3-5-19(28-2)20(16)24-18/h3-7,10,13,17H,8-9,11-12,14H2,1-2H3. The van der Waals surface area contributed by atoms with Crippen molar-refractivity contribution in [3.8, 4) is 16.5 Å². The van der Waals surface area contributed by atoms with E-state index in [0.717, 1.165) is 65.6 Å². The number of likely N-dealkylation sites (tertiary alicyclic amines) is 1. The molecule has 6 nitrogen and oxygen atoms in total. The first-order valence-corrected chi connectivity index (χ1v) is 11.1. The molecule has 5 rings (SSSR count). The molecule has 1 aliphatic rings. The average molecular weight is 421 g/mol. The van der Waals surface area contributed by atoms with Gasteiger partial charge < -0.3 is 9.15 Å². The number of hydrogen-bond donors (Lipinski definition) is 0. The fourth-order valence-electron chi connectivity index (χ4n) is 4.06. The molecule has 4 aromatic rings. The first kappa shape index (κ1) is 19.2. The molecule has 0 spiro atoms. The second-order valence-corrected chi connectivity index (χ2v) is 8.68. The maximum absolute atomic E-state index is 6.02. The first-order valence-electron chi connectivity index (χ1n) is 10.2. The molecule has 0 bridgehead atoms. The number of rotatable bonds is 5. The lowest BCUT2D eigenvalue weighted by Crippen LogP contribution is -2.32. The van der Waals surface area contributed by atoms with Crippen molar-refractivity contribution in [3.63, 3.8) is 0 Å². The minimum Gasteiger partial charge on any atom is -0.494 e. The predicted octanol–water partition coefficient (Wildman–Crippen LogP) is 5.04. The Morgan fingerprint density at radius 2 is 2.00 bits per heavy atom. The van der Waals surface area contributed by atoms with Gasteiger partial charge in [-0.2, -0.15) is 0 Å². The van der Waals surface area contributed by atoms with Crippen LogP contribution in [0.15, 0.2) is 46.2 Å². The van der Waals surface area contributed by atoms with Crippen LogP contribution >= 0.6 is 11.3 Å². The van der Waals surface area contributed by atoms with Crippen LogP contribution in [0.25, 0.3) is 21.7 Å². The highest BCUT2D eigenvalue weighted by atomic mass is 32.1. The van der Waals surface area contributed by atoms with Crippen molar-refractivity contribution >= 4 is 22.2 Å². The fourth-order valence-corrected chi connectivity index (χ4v) is 4.91. The molecule has 0 unspecified atom stereocenters. The summed E-state index contributed by atoms with van der Waals surface area (Å²) >= 11 is 1.65. The number of benzene rings is 1. The highest BCUT2D eigenvalue weighted by Crippen LogP contribution is 2.33. The number of thiophene rings is 1. The van der Waals surface area contributed by atoms with Crippen molar-refractivity contribution in [1.82, 2.24) is 20.1 Å². The number of nitrogens with zero attached hydrogens (tertiary/aromatic N) is 4. The zero-order valence-corrected chi connectivity index (χ0v) is 18.0. The summed E-state index contributed by atoms with van der Waals surface area (Å²) in [7, 11) is 1.69. The van der Waals surface area contributed by atoms with Crippen molar-refractivity contribution < 1.29 is 9.15 Å². The van der Waals surface area contributed by atoms with E-state index in [1.807, 2.05) is 12.1 Å². The summed E-state index contributed by atoms with van der Waals surface area (Å²) in [4.78, 5) is 8.37. The molecular weight excluding hydrogens is 396 g/mol. The Morgan fingerprint density at radius 1 is 1.13 bits per heavy atom. The maximum atomic E-state index is 6.02. The summed E-state index contributed by atoms with van der Waals surface area (Å²) < 4.78 is 11.5. The summed E-state index contributed by atoms with van der Waals surface area (Å²) in [5, 5.41) is 11.8. The van der Waals surface area contributed by atoms with Gasteiger partial charge in [0, 0.05) is 17.8 Å². The molecule has 0 saturated carbocycles. The van der Waals surface area contributed by atoms with Gasteiger partial charge >= 0.3 is 0 Å². The van der Waals surface area contributed by atoms with Crippen molar-refractivity contribution in [2.24, 2.45) is 0 Å². The molecule has 0 amide bonds. The Labute approximate surface area is 179 Å². The third-order valence-corrected chi connectivity index (χ3v) is 6.78. The van der Waals surface area contributed by atoms with E-state index in [1.165, 1.54) is 5.56 Å². The number of ether oxygens (including phenoxy) is 1. The number of para-hydroxylation sites is 1. The normalized spacial score (nSPS) is 15.7. The molecule has 0 atom stereocenters. The number of fused-ring (bicyclic) bond motifs is 1. The van der Waals surface area contributed by atoms with Crippen LogP contribution in [0.3, 0.4) is 0 Å². The van der Waals surface area contributed by atoms with Gasteiger partial charge in [0.15, 0.2) is 0 Å². The van der Waals surface area contributed by atoms with Gasteiger partial charge in [0.25, 0.3) is 5.89 Å². The largest absolute Gasteiger partial charge is 0.494 e. The summed E-state index contributed by atoms with van der Waals surface area (Å²) in [6, 6.07) is 12.3. The van der Waals surface area contributed by atoms with Gasteiger partial charge in [0.2, 0.25) is 5.89 Å². The molecule has 1 fully saturated rings. The zero-order valence-electron chi connectivity index (χ0n) is 17.2. The molecule has 30 heavy (non-hydrogen) atoms. The first-order chi connectivity index (χ1) is 14.7. The number of methoxy groups -OCH3 is 1. The van der Waals surface area contributed by atoms with Gasteiger partial charge in [-0.05, 0) is 62.0 Å². The lowest BCUT2D eigenvalue weighted by atomic mass is 9.96. The van der Waals surface area contributed by atoms with E-state index < -0.39 is 0 Å². The van der Waals surface area contributed by atoms with E-state index >= 15 is 0 Å². The molecule has 154 valence electrons. The number of aryl methyl sites for hydroxylation is 1. The van der Waals surface area contributed by atoms with Crippen molar-refractivity contribution in [1.29, 1.82) is 0 Å². The van der Waals surface area contributed by atoms with E-state index in [4.69, 9.17) is 14.1 Å². The maximum Gasteiger partial charge on any atom is 0.258 e. The summed E-state index contributed by atoms with van der Waals surface area (Å²) in [6.07, 6.45) is 2.03. The summed E-state index contributed by atoms with van der Waals surface area (Å²) in [5.74, 6) is 2.56. The molecule has 1 aromatic carbocycles. The van der Waals surface area contributed by atoms with Crippen LogP contribution in [0, 0.1) is 6.92 Å². The van der Waals surface area contributed by atoms with Crippen LogP contribution in [0.1, 0.15) is 35.9 Å². The van der Waals surface area contributed by atoms with E-state index in [0.29, 0.717) is 11.8 Å². The van der Waals surface area contributed by atoms with Gasteiger partial charge in [0.1, 0.15) is 11.3 Å². The van der Waals surface area contributed by atoms with E-state index in [2.05, 4.69) is 51.7 Å². The minimum absolute atomic E-state index is 0.326. The smallest absolute Gasteiger partial charge is 0.258 e. The topological polar surface area (TPSA) is 64.3 Å². The Morgan fingerprint density at radius 3 is 2.77 bits per heavy atom. The zero-order chi connectivity index (χ0) is 20.5. The Balaban J connectivity index is 1.24. The SMILES string of the molecule is COc1cccc2ccc(CN3CCC(c4nnc(-c5sccc5C)o4)CC3)nc12. The van der Waals surface area contributed by atoms with Crippen molar-refractivity contribution in [2.45, 2.75) is 32.2 Å². The number of piperidine rings is 1. The third-order valence-electron chi connectivity index (χ3n) is 5.78. The van der Waals surface area contributed by atoms with Crippen molar-refractivity contribution in [2.75, 3.05) is 20.2 Å². The van der Waals surface area contributed by atoms with E-state index in [9.17, 15) is 0 Å². The van der Waals surface area contributed by atoms with Crippen LogP contribution < -0.4 is 4.74 Å². The summed E-state index contributed by atoms with van der Waals surface area (Å²) in [5.41, 5.74) is 3.18. The number of aromatic nitrogens is 3. The Bertz CT molecular complexity index is 1160. The molecule has 7 heteroatoms. The van der Waals surface area contributed by atoms with Crippen LogP contribution in [-0.4, -0.2) is 40.3 Å². The van der Waals surface area contributed by atoms with Crippen LogP contribution in [-0.2, 0) is 6.54 Å². The number of pyridine rings is 1. The van der Waals surface area contributed by atoms with Crippen LogP contribution in [0.2, 0.25) is 0 Å². The predicted molar refractivity (Wildman–Crippen MR) is 118 cm³/mol. The van der Waals surface area contributed by atoms with Gasteiger partial charge in [-0.15, -0.1) is 21.5 Å². The highest BCUT2D eigenvalue weighted by molar-refractivity contribution is 7.13. The summed E-state index contributed by atoms with van der Waals surface area (Å²) in [6.45, 7) is 4.90. The lowest BCUT2D eigenvalue weighted by molar-refractivity contribution is 0.191. The second kappa shape index (κ2) is 8.16. The fraction of sp³-hybridized carbons (Fsp3) is 0.348. The quantitative estimate of drug-likeness (QED) is 0.451. The van der Waals surface area contributed by atoms with Crippen LogP contribution in [0.5, 0.6) is 5.75 Å². The molecule has 0 radical (unpaired) electrons. The monoisotopic (exact) mass is 420 g/mol. The lowest BCUT2D eigenvalue weighted by Gasteiger charge is -2.30. The highest BCUT2D eigenvalue weighted by Gasteiger charge is 2.26. The molecule has 1 saturated heterocycles. The van der Waals surface area contributed by atoms with E-state index in [-0.39, 0.29) is 0 Å². The van der Waals surface area contributed by atoms with E-state index in [1.54, 1.807) is 18.4 Å².